The van der Waals surface area contributed by atoms with E-state index in [1.807, 2.05) is 6.92 Å². The highest BCUT2D eigenvalue weighted by atomic mass is 16.2. The number of hydrazine groups is 1. The zero-order valence-electron chi connectivity index (χ0n) is 6.84. The normalized spacial score (nSPS) is 24.7. The number of carbonyl (C=O) groups is 1. The Labute approximate surface area is 66.7 Å². The van der Waals surface area contributed by atoms with Crippen LogP contribution in [0, 0.1) is 0 Å². The molecule has 0 saturated carbocycles. The Kier molecular flexibility index (Phi) is 2.84. The number of nitrogens with two attached hydrogens (primary N) is 1. The van der Waals surface area contributed by atoms with Crippen LogP contribution in [0.25, 0.3) is 0 Å². The molecule has 4 nitrogen and oxygen atoms in total. The molecule has 11 heavy (non-hydrogen) atoms. The van der Waals surface area contributed by atoms with E-state index in [1.165, 1.54) is 0 Å². The van der Waals surface area contributed by atoms with E-state index in [4.69, 9.17) is 5.73 Å². The van der Waals surface area contributed by atoms with E-state index in [-0.39, 0.29) is 5.91 Å². The summed E-state index contributed by atoms with van der Waals surface area (Å²) in [4.78, 5) is 11.1. The van der Waals surface area contributed by atoms with Crippen LogP contribution in [-0.2, 0) is 4.79 Å². The maximum atomic E-state index is 11.1. The van der Waals surface area contributed by atoms with Gasteiger partial charge in [-0.1, -0.05) is 0 Å². The van der Waals surface area contributed by atoms with Crippen molar-refractivity contribution in [2.45, 2.75) is 25.8 Å². The Balaban J connectivity index is 2.29. The van der Waals surface area contributed by atoms with Crippen LogP contribution in [-0.4, -0.2) is 30.0 Å². The summed E-state index contributed by atoms with van der Waals surface area (Å²) in [6, 6.07) is 0.292. The van der Waals surface area contributed by atoms with Crippen molar-refractivity contribution in [3.8, 4) is 0 Å². The molecule has 1 heterocycles. The lowest BCUT2D eigenvalue weighted by molar-refractivity contribution is -0.129. The van der Waals surface area contributed by atoms with Crippen molar-refractivity contribution in [3.05, 3.63) is 0 Å². The average molecular weight is 157 g/mol. The van der Waals surface area contributed by atoms with E-state index >= 15 is 0 Å². The Bertz CT molecular complexity index is 149. The summed E-state index contributed by atoms with van der Waals surface area (Å²) >= 11 is 0. The fourth-order valence-corrected chi connectivity index (χ4v) is 1.19. The first-order valence-electron chi connectivity index (χ1n) is 4.00. The van der Waals surface area contributed by atoms with E-state index in [0.717, 1.165) is 13.0 Å². The van der Waals surface area contributed by atoms with Crippen LogP contribution >= 0.6 is 0 Å². The molecule has 0 radical (unpaired) electrons. The molecular formula is C7H15N3O. The van der Waals surface area contributed by atoms with Gasteiger partial charge in [-0.3, -0.25) is 9.80 Å². The Morgan fingerprint density at radius 2 is 2.55 bits per heavy atom. The second-order valence-corrected chi connectivity index (χ2v) is 2.92. The predicted octanol–water partition coefficient (Wildman–Crippen LogP) is -0.539. The Morgan fingerprint density at radius 1 is 1.82 bits per heavy atom. The van der Waals surface area contributed by atoms with Gasteiger partial charge in [0.25, 0.3) is 0 Å². The summed E-state index contributed by atoms with van der Waals surface area (Å²) in [7, 11) is 0. The molecule has 1 atom stereocenters. The predicted molar refractivity (Wildman–Crippen MR) is 42.6 cm³/mol. The summed E-state index contributed by atoms with van der Waals surface area (Å²) in [6.07, 6.45) is 1.48. The highest BCUT2D eigenvalue weighted by molar-refractivity contribution is 5.78. The van der Waals surface area contributed by atoms with E-state index < -0.39 is 0 Å². The van der Waals surface area contributed by atoms with Gasteiger partial charge in [-0.25, -0.2) is 5.43 Å². The molecule has 0 aromatic carbocycles. The number of nitrogens with zero attached hydrogens (tertiary/aromatic N) is 1. The van der Waals surface area contributed by atoms with Crippen LogP contribution in [0.5, 0.6) is 0 Å². The fourth-order valence-electron chi connectivity index (χ4n) is 1.19. The average Bonchev–Trinajstić information content (AvgIpc) is 2.26. The van der Waals surface area contributed by atoms with Crippen molar-refractivity contribution in [1.82, 2.24) is 10.4 Å². The van der Waals surface area contributed by atoms with Gasteiger partial charge in [-0.15, -0.1) is 0 Å². The molecule has 1 fully saturated rings. The molecule has 64 valence electrons. The van der Waals surface area contributed by atoms with Crippen LogP contribution in [0.15, 0.2) is 0 Å². The summed E-state index contributed by atoms with van der Waals surface area (Å²) in [6.45, 7) is 3.37. The van der Waals surface area contributed by atoms with Gasteiger partial charge in [-0.2, -0.15) is 0 Å². The second kappa shape index (κ2) is 3.69. The van der Waals surface area contributed by atoms with Gasteiger partial charge < -0.3 is 5.73 Å². The third-order valence-corrected chi connectivity index (χ3v) is 1.74. The van der Waals surface area contributed by atoms with Gasteiger partial charge in [0.2, 0.25) is 5.91 Å². The maximum Gasteiger partial charge on any atom is 0.238 e. The molecular weight excluding hydrogens is 142 g/mol. The van der Waals surface area contributed by atoms with Crippen molar-refractivity contribution >= 4 is 5.91 Å². The van der Waals surface area contributed by atoms with E-state index in [2.05, 4.69) is 5.43 Å². The lowest BCUT2D eigenvalue weighted by atomic mass is 10.3. The lowest BCUT2D eigenvalue weighted by Crippen LogP contribution is -2.37. The molecule has 4 heteroatoms. The maximum absolute atomic E-state index is 11.1. The zero-order chi connectivity index (χ0) is 8.27. The molecule has 1 saturated heterocycles. The van der Waals surface area contributed by atoms with Crippen molar-refractivity contribution in [2.75, 3.05) is 13.1 Å². The minimum Gasteiger partial charge on any atom is -0.330 e. The van der Waals surface area contributed by atoms with Crippen molar-refractivity contribution in [1.29, 1.82) is 0 Å². The lowest BCUT2D eigenvalue weighted by Gasteiger charge is -2.15. The van der Waals surface area contributed by atoms with Gasteiger partial charge in [0.1, 0.15) is 0 Å². The van der Waals surface area contributed by atoms with Gasteiger partial charge in [0.05, 0.1) is 0 Å². The molecule has 1 aliphatic heterocycles. The summed E-state index contributed by atoms with van der Waals surface area (Å²) in [5.41, 5.74) is 8.39. The first-order valence-corrected chi connectivity index (χ1v) is 4.00. The fraction of sp³-hybridized carbons (Fsp3) is 0.857. The monoisotopic (exact) mass is 157 g/mol. The first-order chi connectivity index (χ1) is 5.24. The number of hydrogen-bond acceptors (Lipinski definition) is 3. The summed E-state index contributed by atoms with van der Waals surface area (Å²) < 4.78 is 0. The van der Waals surface area contributed by atoms with E-state index in [1.54, 1.807) is 5.01 Å². The minimum absolute atomic E-state index is 0.186. The topological polar surface area (TPSA) is 58.4 Å². The molecule has 1 rings (SSSR count). The molecule has 1 amide bonds. The minimum atomic E-state index is 0.186. The smallest absolute Gasteiger partial charge is 0.238 e. The number of hydrogen-bond donors (Lipinski definition) is 2. The van der Waals surface area contributed by atoms with E-state index in [9.17, 15) is 4.79 Å². The van der Waals surface area contributed by atoms with Crippen LogP contribution in [0.4, 0.5) is 0 Å². The number of carbonyl (C=O) groups excluding carboxylic acids is 1. The zero-order valence-corrected chi connectivity index (χ0v) is 6.84. The first kappa shape index (κ1) is 8.49. The molecule has 0 aromatic heterocycles. The van der Waals surface area contributed by atoms with Gasteiger partial charge in [0, 0.05) is 19.0 Å². The number of amides is 1. The summed E-state index contributed by atoms with van der Waals surface area (Å²) in [5, 5.41) is 1.66. The highest BCUT2D eigenvalue weighted by Gasteiger charge is 2.24. The third-order valence-electron chi connectivity index (χ3n) is 1.74. The summed E-state index contributed by atoms with van der Waals surface area (Å²) in [5.74, 6) is 0.186. The standard InChI is InChI=1S/C7H15N3O/c1-6-5-7(11)10(9-6)4-2-3-8/h6,9H,2-5,8H2,1H3. The van der Waals surface area contributed by atoms with Crippen molar-refractivity contribution in [3.63, 3.8) is 0 Å². The van der Waals surface area contributed by atoms with Crippen molar-refractivity contribution in [2.24, 2.45) is 5.73 Å². The van der Waals surface area contributed by atoms with Gasteiger partial charge >= 0.3 is 0 Å². The van der Waals surface area contributed by atoms with E-state index in [0.29, 0.717) is 19.0 Å². The number of nitrogens with one attached hydrogen (secondary N) is 1. The number of rotatable bonds is 3. The van der Waals surface area contributed by atoms with Crippen LogP contribution in [0.1, 0.15) is 19.8 Å². The largest absolute Gasteiger partial charge is 0.330 e. The molecule has 3 N–H and O–H groups in total. The molecule has 1 aliphatic rings. The Morgan fingerprint density at radius 3 is 3.00 bits per heavy atom. The second-order valence-electron chi connectivity index (χ2n) is 2.92. The van der Waals surface area contributed by atoms with Crippen LogP contribution < -0.4 is 11.2 Å². The van der Waals surface area contributed by atoms with Gasteiger partial charge in [0.15, 0.2) is 0 Å². The highest BCUT2D eigenvalue weighted by Crippen LogP contribution is 2.06. The quantitative estimate of drug-likeness (QED) is 0.578. The third kappa shape index (κ3) is 2.17. The molecule has 0 aromatic rings. The van der Waals surface area contributed by atoms with Crippen molar-refractivity contribution < 1.29 is 4.79 Å². The Hall–Kier alpha value is -0.610. The molecule has 0 bridgehead atoms. The van der Waals surface area contributed by atoms with Crippen LogP contribution in [0.3, 0.4) is 0 Å². The molecule has 1 unspecified atom stereocenters. The molecule has 0 aliphatic carbocycles. The molecule has 0 spiro atoms. The van der Waals surface area contributed by atoms with Gasteiger partial charge in [-0.05, 0) is 19.9 Å². The van der Waals surface area contributed by atoms with Crippen LogP contribution in [0.2, 0.25) is 0 Å². The SMILES string of the molecule is CC1CC(=O)N(CCCN)N1.